The van der Waals surface area contributed by atoms with E-state index in [9.17, 15) is 14.0 Å². The molecule has 1 unspecified atom stereocenters. The van der Waals surface area contributed by atoms with Crippen LogP contribution >= 0.6 is 0 Å². The van der Waals surface area contributed by atoms with Crippen molar-refractivity contribution in [2.75, 3.05) is 18.0 Å². The summed E-state index contributed by atoms with van der Waals surface area (Å²) in [5.74, 6) is -0.294. The van der Waals surface area contributed by atoms with Gasteiger partial charge in [-0.3, -0.25) is 14.5 Å². The monoisotopic (exact) mass is 471 g/mol. The second kappa shape index (κ2) is 9.62. The molecule has 35 heavy (non-hydrogen) atoms. The lowest BCUT2D eigenvalue weighted by Crippen LogP contribution is -2.47. The summed E-state index contributed by atoms with van der Waals surface area (Å²) in [4.78, 5) is 30.6. The summed E-state index contributed by atoms with van der Waals surface area (Å²) < 4.78 is 21.3. The van der Waals surface area contributed by atoms with E-state index in [0.717, 1.165) is 29.9 Å². The molecule has 0 aliphatic carbocycles. The molecule has 1 aliphatic rings. The van der Waals surface area contributed by atoms with Crippen LogP contribution in [0, 0.1) is 5.82 Å². The second-order valence-corrected chi connectivity index (χ2v) is 8.56. The number of aromatic nitrogens is 1. The standard InChI is InChI=1S/C28H26FN3O3/c1-2-3-16-30(28(34)20-12-14-21(29)15-13-20)19-26(33)32-23-9-5-4-8-22(23)31-17-6-10-24(31)27(32)25-11-7-18-35-25/h4-15,17-18,27H,2-3,16,19H2,1H3. The molecule has 5 rings (SSSR count). The molecule has 0 saturated carbocycles. The average molecular weight is 472 g/mol. The van der Waals surface area contributed by atoms with Gasteiger partial charge in [-0.15, -0.1) is 0 Å². The van der Waals surface area contributed by atoms with Gasteiger partial charge in [-0.2, -0.15) is 0 Å². The van der Waals surface area contributed by atoms with Crippen molar-refractivity contribution < 1.29 is 18.4 Å². The molecule has 0 fully saturated rings. The highest BCUT2D eigenvalue weighted by Crippen LogP contribution is 2.42. The fraction of sp³-hybridized carbons (Fsp3) is 0.214. The van der Waals surface area contributed by atoms with Crippen molar-refractivity contribution in [2.24, 2.45) is 0 Å². The van der Waals surface area contributed by atoms with Crippen LogP contribution < -0.4 is 4.90 Å². The van der Waals surface area contributed by atoms with Gasteiger partial charge in [-0.1, -0.05) is 25.5 Å². The Morgan fingerprint density at radius 1 is 0.971 bits per heavy atom. The van der Waals surface area contributed by atoms with E-state index in [4.69, 9.17) is 4.42 Å². The number of anilines is 1. The molecule has 0 saturated heterocycles. The van der Waals surface area contributed by atoms with Crippen molar-refractivity contribution in [3.05, 3.63) is 108 Å². The van der Waals surface area contributed by atoms with Gasteiger partial charge in [0.15, 0.2) is 0 Å². The number of benzene rings is 2. The quantitative estimate of drug-likeness (QED) is 0.353. The topological polar surface area (TPSA) is 58.7 Å². The molecule has 178 valence electrons. The Hall–Kier alpha value is -4.13. The lowest BCUT2D eigenvalue weighted by atomic mass is 10.0. The first kappa shape index (κ1) is 22.7. The van der Waals surface area contributed by atoms with Gasteiger partial charge in [0.05, 0.1) is 23.3 Å². The van der Waals surface area contributed by atoms with Crippen LogP contribution in [0.1, 0.15) is 47.6 Å². The number of amides is 2. The molecule has 0 spiro atoms. The van der Waals surface area contributed by atoms with Gasteiger partial charge < -0.3 is 13.9 Å². The van der Waals surface area contributed by atoms with Crippen LogP contribution in [0.3, 0.4) is 0 Å². The average Bonchev–Trinajstić information content (AvgIpc) is 3.58. The Balaban J connectivity index is 1.52. The first-order valence-corrected chi connectivity index (χ1v) is 11.8. The predicted octanol–water partition coefficient (Wildman–Crippen LogP) is 5.59. The molecule has 3 heterocycles. The van der Waals surface area contributed by atoms with E-state index >= 15 is 0 Å². The van der Waals surface area contributed by atoms with Crippen molar-refractivity contribution in [3.8, 4) is 5.69 Å². The fourth-order valence-electron chi connectivity index (χ4n) is 4.59. The number of carbonyl (C=O) groups excluding carboxylic acids is 2. The van der Waals surface area contributed by atoms with Crippen LogP contribution in [0.5, 0.6) is 0 Å². The third kappa shape index (κ3) is 4.25. The van der Waals surface area contributed by atoms with Crippen molar-refractivity contribution in [1.29, 1.82) is 0 Å². The Morgan fingerprint density at radius 3 is 2.46 bits per heavy atom. The first-order chi connectivity index (χ1) is 17.1. The second-order valence-electron chi connectivity index (χ2n) is 8.56. The summed E-state index contributed by atoms with van der Waals surface area (Å²) in [7, 11) is 0. The Morgan fingerprint density at radius 2 is 1.74 bits per heavy atom. The molecule has 2 aromatic carbocycles. The van der Waals surface area contributed by atoms with E-state index in [0.29, 0.717) is 17.9 Å². The van der Waals surface area contributed by atoms with E-state index in [2.05, 4.69) is 4.57 Å². The fourth-order valence-corrected chi connectivity index (χ4v) is 4.59. The Kier molecular flexibility index (Phi) is 6.23. The highest BCUT2D eigenvalue weighted by atomic mass is 19.1. The van der Waals surface area contributed by atoms with Gasteiger partial charge in [-0.25, -0.2) is 4.39 Å². The van der Waals surface area contributed by atoms with Crippen molar-refractivity contribution in [2.45, 2.75) is 25.8 Å². The van der Waals surface area contributed by atoms with Gasteiger partial charge in [-0.05, 0) is 67.1 Å². The Bertz CT molecular complexity index is 1330. The van der Waals surface area contributed by atoms with Gasteiger partial charge in [0.25, 0.3) is 5.91 Å². The van der Waals surface area contributed by atoms with Gasteiger partial charge >= 0.3 is 0 Å². The summed E-state index contributed by atoms with van der Waals surface area (Å²) in [6.45, 7) is 2.35. The van der Waals surface area contributed by atoms with E-state index in [1.54, 1.807) is 22.1 Å². The van der Waals surface area contributed by atoms with Crippen LogP contribution in [0.25, 0.3) is 5.69 Å². The maximum Gasteiger partial charge on any atom is 0.254 e. The number of rotatable bonds is 7. The molecule has 7 heteroatoms. The molecule has 6 nitrogen and oxygen atoms in total. The predicted molar refractivity (Wildman–Crippen MR) is 131 cm³/mol. The maximum absolute atomic E-state index is 14.0. The molecular weight excluding hydrogens is 445 g/mol. The van der Waals surface area contributed by atoms with Crippen molar-refractivity contribution >= 4 is 17.5 Å². The van der Waals surface area contributed by atoms with Crippen LogP contribution in [-0.4, -0.2) is 34.4 Å². The largest absolute Gasteiger partial charge is 0.467 e. The zero-order valence-electron chi connectivity index (χ0n) is 19.4. The molecule has 2 amide bonds. The number of nitrogens with zero attached hydrogens (tertiary/aromatic N) is 3. The molecule has 1 atom stereocenters. The minimum atomic E-state index is -0.476. The Labute approximate surface area is 203 Å². The zero-order valence-corrected chi connectivity index (χ0v) is 19.4. The molecular formula is C28H26FN3O3. The number of para-hydroxylation sites is 2. The molecule has 1 aliphatic heterocycles. The lowest BCUT2D eigenvalue weighted by molar-refractivity contribution is -0.119. The highest BCUT2D eigenvalue weighted by Gasteiger charge is 2.38. The summed E-state index contributed by atoms with van der Waals surface area (Å²) in [5, 5.41) is 0. The van der Waals surface area contributed by atoms with Crippen molar-refractivity contribution in [1.82, 2.24) is 9.47 Å². The van der Waals surface area contributed by atoms with Gasteiger partial charge in [0.1, 0.15) is 24.2 Å². The number of furan rings is 1. The maximum atomic E-state index is 14.0. The molecule has 2 aromatic heterocycles. The van der Waals surface area contributed by atoms with E-state index in [1.165, 1.54) is 24.3 Å². The van der Waals surface area contributed by atoms with Crippen LogP contribution in [-0.2, 0) is 4.79 Å². The lowest BCUT2D eigenvalue weighted by Gasteiger charge is -2.38. The smallest absolute Gasteiger partial charge is 0.254 e. The molecule has 0 N–H and O–H groups in total. The zero-order chi connectivity index (χ0) is 24.4. The van der Waals surface area contributed by atoms with Gasteiger partial charge in [0, 0.05) is 18.3 Å². The third-order valence-electron chi connectivity index (χ3n) is 6.29. The highest BCUT2D eigenvalue weighted by molar-refractivity contribution is 6.02. The summed E-state index contributed by atoms with van der Waals surface area (Å²) in [6, 6.07) is 20.2. The number of unbranched alkanes of at least 4 members (excludes halogenated alkanes) is 1. The van der Waals surface area contributed by atoms with Crippen LogP contribution in [0.15, 0.2) is 89.7 Å². The van der Waals surface area contributed by atoms with Crippen LogP contribution in [0.2, 0.25) is 0 Å². The van der Waals surface area contributed by atoms with Crippen LogP contribution in [0.4, 0.5) is 10.1 Å². The number of fused-ring (bicyclic) bond motifs is 3. The van der Waals surface area contributed by atoms with E-state index < -0.39 is 11.9 Å². The minimum absolute atomic E-state index is 0.109. The summed E-state index contributed by atoms with van der Waals surface area (Å²) in [6.07, 6.45) is 5.19. The van der Waals surface area contributed by atoms with E-state index in [-0.39, 0.29) is 18.4 Å². The summed E-state index contributed by atoms with van der Waals surface area (Å²) >= 11 is 0. The van der Waals surface area contributed by atoms with Gasteiger partial charge in [0.2, 0.25) is 5.91 Å². The first-order valence-electron chi connectivity index (χ1n) is 11.8. The summed E-state index contributed by atoms with van der Waals surface area (Å²) in [5.41, 5.74) is 2.88. The molecule has 0 radical (unpaired) electrons. The number of hydrogen-bond acceptors (Lipinski definition) is 3. The number of carbonyl (C=O) groups is 2. The van der Waals surface area contributed by atoms with E-state index in [1.807, 2.05) is 55.6 Å². The number of halogens is 1. The normalized spacial score (nSPS) is 14.3. The number of hydrogen-bond donors (Lipinski definition) is 0. The molecule has 0 bridgehead atoms. The minimum Gasteiger partial charge on any atom is -0.467 e. The molecule has 4 aromatic rings. The van der Waals surface area contributed by atoms with Crippen molar-refractivity contribution in [3.63, 3.8) is 0 Å². The SMILES string of the molecule is CCCCN(CC(=O)N1c2ccccc2-n2cccc2C1c1ccco1)C(=O)c1ccc(F)cc1. The third-order valence-corrected chi connectivity index (χ3v) is 6.29.